The van der Waals surface area contributed by atoms with E-state index in [1.165, 1.54) is 6.07 Å². The smallest absolute Gasteiger partial charge is 0.151 e. The molecule has 3 N–H and O–H groups in total. The van der Waals surface area contributed by atoms with Crippen molar-refractivity contribution in [3.8, 4) is 0 Å². The van der Waals surface area contributed by atoms with Crippen molar-refractivity contribution in [1.82, 2.24) is 0 Å². The van der Waals surface area contributed by atoms with Gasteiger partial charge in [0.2, 0.25) is 0 Å². The summed E-state index contributed by atoms with van der Waals surface area (Å²) in [6.07, 6.45) is 2.88. The summed E-state index contributed by atoms with van der Waals surface area (Å²) in [6, 6.07) is 1.98. The van der Waals surface area contributed by atoms with E-state index in [0.717, 1.165) is 31.9 Å². The summed E-state index contributed by atoms with van der Waals surface area (Å²) in [4.78, 5) is 0. The van der Waals surface area contributed by atoms with Crippen LogP contribution in [-0.2, 0) is 4.74 Å². The van der Waals surface area contributed by atoms with Crippen molar-refractivity contribution in [2.45, 2.75) is 19.3 Å². The molecule has 0 amide bonds. The van der Waals surface area contributed by atoms with Crippen LogP contribution in [-0.4, -0.2) is 20.3 Å². The van der Waals surface area contributed by atoms with Crippen LogP contribution < -0.4 is 11.1 Å². The fourth-order valence-corrected chi connectivity index (χ4v) is 1.50. The summed E-state index contributed by atoms with van der Waals surface area (Å²) in [5.74, 6) is -1.36. The molecule has 1 rings (SSSR count). The Labute approximate surface area is 100.0 Å². The number of hydrogen-bond donors (Lipinski definition) is 2. The molecule has 0 fully saturated rings. The number of halogens is 2. The number of benzene rings is 1. The zero-order valence-corrected chi connectivity index (χ0v) is 9.93. The summed E-state index contributed by atoms with van der Waals surface area (Å²) in [6.45, 7) is 1.37. The van der Waals surface area contributed by atoms with Gasteiger partial charge in [0.05, 0.1) is 11.4 Å². The maximum absolute atomic E-state index is 13.1. The summed E-state index contributed by atoms with van der Waals surface area (Å²) in [7, 11) is 1.66. The number of anilines is 2. The van der Waals surface area contributed by atoms with Crippen LogP contribution in [0.1, 0.15) is 19.3 Å². The maximum Gasteiger partial charge on any atom is 0.151 e. The Morgan fingerprint density at radius 2 is 2.00 bits per heavy atom. The molecule has 0 aliphatic rings. The van der Waals surface area contributed by atoms with Crippen LogP contribution in [0.25, 0.3) is 0 Å². The lowest BCUT2D eigenvalue weighted by atomic mass is 10.2. The Hall–Kier alpha value is -1.36. The third-order valence-corrected chi connectivity index (χ3v) is 2.43. The summed E-state index contributed by atoms with van der Waals surface area (Å²) in [5.41, 5.74) is 5.77. The average molecular weight is 244 g/mol. The summed E-state index contributed by atoms with van der Waals surface area (Å²) < 4.78 is 30.9. The molecule has 1 aromatic carbocycles. The second-order valence-electron chi connectivity index (χ2n) is 3.83. The van der Waals surface area contributed by atoms with Crippen molar-refractivity contribution in [1.29, 1.82) is 0 Å². The second kappa shape index (κ2) is 7.06. The highest BCUT2D eigenvalue weighted by Gasteiger charge is 2.07. The molecule has 17 heavy (non-hydrogen) atoms. The molecule has 0 aliphatic heterocycles. The minimum Gasteiger partial charge on any atom is -0.395 e. The lowest BCUT2D eigenvalue weighted by Gasteiger charge is -2.10. The fourth-order valence-electron chi connectivity index (χ4n) is 1.50. The Morgan fingerprint density at radius 3 is 2.71 bits per heavy atom. The Morgan fingerprint density at radius 1 is 1.24 bits per heavy atom. The normalized spacial score (nSPS) is 10.5. The topological polar surface area (TPSA) is 47.3 Å². The van der Waals surface area contributed by atoms with E-state index in [0.29, 0.717) is 12.2 Å². The van der Waals surface area contributed by atoms with Crippen LogP contribution in [0.3, 0.4) is 0 Å². The lowest BCUT2D eigenvalue weighted by molar-refractivity contribution is 0.192. The molecular weight excluding hydrogens is 226 g/mol. The Bertz CT molecular complexity index is 359. The van der Waals surface area contributed by atoms with E-state index in [2.05, 4.69) is 5.32 Å². The van der Waals surface area contributed by atoms with Gasteiger partial charge >= 0.3 is 0 Å². The standard InChI is InChI=1S/C12H18F2N2O/c1-17-6-4-2-3-5-16-11-8-9(13)7-10(14)12(11)15/h7-8,16H,2-6,15H2,1H3. The third-order valence-electron chi connectivity index (χ3n) is 2.43. The number of nitrogens with one attached hydrogen (secondary N) is 1. The quantitative estimate of drug-likeness (QED) is 0.572. The Kier molecular flexibility index (Phi) is 5.69. The molecule has 1 aromatic rings. The molecule has 5 heteroatoms. The van der Waals surface area contributed by atoms with Crippen LogP contribution in [0, 0.1) is 11.6 Å². The van der Waals surface area contributed by atoms with Gasteiger partial charge in [0.1, 0.15) is 5.82 Å². The van der Waals surface area contributed by atoms with E-state index >= 15 is 0 Å². The van der Waals surface area contributed by atoms with Gasteiger partial charge in [-0.05, 0) is 25.3 Å². The SMILES string of the molecule is COCCCCCNc1cc(F)cc(F)c1N. The maximum atomic E-state index is 13.1. The van der Waals surface area contributed by atoms with E-state index in [1.54, 1.807) is 7.11 Å². The molecule has 0 atom stereocenters. The predicted octanol–water partition coefficient (Wildman–Crippen LogP) is 2.78. The minimum atomic E-state index is -0.730. The van der Waals surface area contributed by atoms with E-state index in [4.69, 9.17) is 10.5 Å². The number of nitrogen functional groups attached to an aromatic ring is 1. The van der Waals surface area contributed by atoms with Crippen LogP contribution in [0.2, 0.25) is 0 Å². The number of unbranched alkanes of at least 4 members (excludes halogenated alkanes) is 2. The van der Waals surface area contributed by atoms with Gasteiger partial charge in [-0.2, -0.15) is 0 Å². The highest BCUT2D eigenvalue weighted by atomic mass is 19.1. The van der Waals surface area contributed by atoms with Gasteiger partial charge in [0.15, 0.2) is 5.82 Å². The zero-order valence-electron chi connectivity index (χ0n) is 9.93. The highest BCUT2D eigenvalue weighted by Crippen LogP contribution is 2.23. The molecule has 0 saturated carbocycles. The van der Waals surface area contributed by atoms with Gasteiger partial charge < -0.3 is 15.8 Å². The van der Waals surface area contributed by atoms with Gasteiger partial charge in [-0.25, -0.2) is 8.78 Å². The zero-order chi connectivity index (χ0) is 12.7. The molecule has 0 unspecified atom stereocenters. The van der Waals surface area contributed by atoms with Gasteiger partial charge in [-0.15, -0.1) is 0 Å². The first kappa shape index (κ1) is 13.7. The van der Waals surface area contributed by atoms with Gasteiger partial charge in [0.25, 0.3) is 0 Å². The number of rotatable bonds is 7. The molecule has 0 spiro atoms. The second-order valence-corrected chi connectivity index (χ2v) is 3.83. The monoisotopic (exact) mass is 244 g/mol. The highest BCUT2D eigenvalue weighted by molar-refractivity contribution is 5.66. The van der Waals surface area contributed by atoms with Gasteiger partial charge in [0, 0.05) is 26.3 Å². The van der Waals surface area contributed by atoms with E-state index < -0.39 is 11.6 Å². The van der Waals surface area contributed by atoms with Gasteiger partial charge in [-0.1, -0.05) is 0 Å². The fraction of sp³-hybridized carbons (Fsp3) is 0.500. The molecular formula is C12H18F2N2O. The van der Waals surface area contributed by atoms with E-state index in [-0.39, 0.29) is 5.69 Å². The van der Waals surface area contributed by atoms with Gasteiger partial charge in [-0.3, -0.25) is 0 Å². The molecule has 96 valence electrons. The van der Waals surface area contributed by atoms with Crippen molar-refractivity contribution in [2.75, 3.05) is 31.3 Å². The van der Waals surface area contributed by atoms with E-state index in [9.17, 15) is 8.78 Å². The molecule has 0 bridgehead atoms. The first-order valence-corrected chi connectivity index (χ1v) is 5.62. The van der Waals surface area contributed by atoms with Crippen LogP contribution >= 0.6 is 0 Å². The number of methoxy groups -OCH3 is 1. The number of hydrogen-bond acceptors (Lipinski definition) is 3. The predicted molar refractivity (Wildman–Crippen MR) is 65.0 cm³/mol. The van der Waals surface area contributed by atoms with Crippen molar-refractivity contribution >= 4 is 11.4 Å². The van der Waals surface area contributed by atoms with Crippen molar-refractivity contribution in [3.63, 3.8) is 0 Å². The first-order valence-electron chi connectivity index (χ1n) is 5.62. The van der Waals surface area contributed by atoms with Crippen molar-refractivity contribution < 1.29 is 13.5 Å². The minimum absolute atomic E-state index is 0.0386. The molecule has 0 heterocycles. The largest absolute Gasteiger partial charge is 0.395 e. The summed E-state index contributed by atoms with van der Waals surface area (Å²) >= 11 is 0. The average Bonchev–Trinajstić information content (AvgIpc) is 2.29. The van der Waals surface area contributed by atoms with Crippen LogP contribution in [0.5, 0.6) is 0 Å². The van der Waals surface area contributed by atoms with Crippen molar-refractivity contribution in [2.24, 2.45) is 0 Å². The lowest BCUT2D eigenvalue weighted by Crippen LogP contribution is -2.06. The molecule has 3 nitrogen and oxygen atoms in total. The molecule has 0 radical (unpaired) electrons. The molecule has 0 aromatic heterocycles. The first-order chi connectivity index (χ1) is 8.15. The number of nitrogens with two attached hydrogens (primary N) is 1. The third kappa shape index (κ3) is 4.56. The Balaban J connectivity index is 2.36. The van der Waals surface area contributed by atoms with E-state index in [1.807, 2.05) is 0 Å². The van der Waals surface area contributed by atoms with Crippen LogP contribution in [0.4, 0.5) is 20.2 Å². The number of ether oxygens (including phenoxy) is 1. The summed E-state index contributed by atoms with van der Waals surface area (Å²) in [5, 5.41) is 2.93. The molecule has 0 saturated heterocycles. The van der Waals surface area contributed by atoms with Crippen molar-refractivity contribution in [3.05, 3.63) is 23.8 Å². The van der Waals surface area contributed by atoms with Crippen LogP contribution in [0.15, 0.2) is 12.1 Å². The molecule has 0 aliphatic carbocycles.